The first kappa shape index (κ1) is 18.8. The number of anilines is 1. The number of piperazine rings is 1. The predicted molar refractivity (Wildman–Crippen MR) is 102 cm³/mol. The smallest absolute Gasteiger partial charge is 0.321 e. The molecule has 1 heterocycles. The highest BCUT2D eigenvalue weighted by Crippen LogP contribution is 2.10. The van der Waals surface area contributed by atoms with Crippen molar-refractivity contribution in [3.63, 3.8) is 0 Å². The van der Waals surface area contributed by atoms with Gasteiger partial charge in [-0.15, -0.1) is 0 Å². The Labute approximate surface area is 158 Å². The average molecular weight is 370 g/mol. The highest BCUT2D eigenvalue weighted by molar-refractivity contribution is 5.89. The molecule has 27 heavy (non-hydrogen) atoms. The molecule has 6 nitrogen and oxygen atoms in total. The third-order valence-corrected chi connectivity index (χ3v) is 4.45. The van der Waals surface area contributed by atoms with Gasteiger partial charge in [-0.05, 0) is 29.8 Å². The van der Waals surface area contributed by atoms with Crippen LogP contribution in [0.4, 0.5) is 14.9 Å². The zero-order valence-electron chi connectivity index (χ0n) is 15.0. The first-order valence-electron chi connectivity index (χ1n) is 8.94. The van der Waals surface area contributed by atoms with Crippen LogP contribution in [0.15, 0.2) is 54.6 Å². The van der Waals surface area contributed by atoms with Gasteiger partial charge in [-0.2, -0.15) is 0 Å². The topological polar surface area (TPSA) is 64.7 Å². The lowest BCUT2D eigenvalue weighted by Crippen LogP contribution is -2.52. The van der Waals surface area contributed by atoms with Crippen molar-refractivity contribution < 1.29 is 14.0 Å². The lowest BCUT2D eigenvalue weighted by atomic mass is 10.2. The van der Waals surface area contributed by atoms with Crippen molar-refractivity contribution in [2.24, 2.45) is 0 Å². The quantitative estimate of drug-likeness (QED) is 0.849. The second-order valence-corrected chi connectivity index (χ2v) is 6.46. The fourth-order valence-corrected chi connectivity index (χ4v) is 2.90. The highest BCUT2D eigenvalue weighted by Gasteiger charge is 2.22. The molecule has 3 rings (SSSR count). The van der Waals surface area contributed by atoms with Crippen molar-refractivity contribution in [3.05, 3.63) is 66.0 Å². The molecule has 3 amide bonds. The Hall–Kier alpha value is -2.93. The van der Waals surface area contributed by atoms with Gasteiger partial charge in [0.15, 0.2) is 0 Å². The van der Waals surface area contributed by atoms with Crippen LogP contribution in [0.5, 0.6) is 0 Å². The summed E-state index contributed by atoms with van der Waals surface area (Å²) in [5.41, 5.74) is 1.62. The summed E-state index contributed by atoms with van der Waals surface area (Å²) in [7, 11) is 0. The number of urea groups is 1. The van der Waals surface area contributed by atoms with Crippen LogP contribution in [0.2, 0.25) is 0 Å². The maximum absolute atomic E-state index is 12.9. The monoisotopic (exact) mass is 370 g/mol. The molecule has 1 saturated heterocycles. The predicted octanol–water partition coefficient (Wildman–Crippen LogP) is 2.29. The van der Waals surface area contributed by atoms with E-state index in [1.54, 1.807) is 4.90 Å². The van der Waals surface area contributed by atoms with E-state index in [1.807, 2.05) is 35.2 Å². The molecule has 1 aliphatic rings. The fraction of sp³-hybridized carbons (Fsp3) is 0.300. The van der Waals surface area contributed by atoms with Gasteiger partial charge in [0.05, 0.1) is 6.54 Å². The SMILES string of the molecule is O=C(CN1CCN(C(=O)Nc2ccc(F)cc2)CC1)NCc1ccccc1. The van der Waals surface area contributed by atoms with Crippen molar-refractivity contribution in [2.45, 2.75) is 6.54 Å². The number of amides is 3. The number of hydrogen-bond acceptors (Lipinski definition) is 3. The molecule has 0 spiro atoms. The molecule has 1 fully saturated rings. The summed E-state index contributed by atoms with van der Waals surface area (Å²) in [6, 6.07) is 15.2. The van der Waals surface area contributed by atoms with Gasteiger partial charge in [0.25, 0.3) is 0 Å². The first-order chi connectivity index (χ1) is 13.1. The van der Waals surface area contributed by atoms with E-state index < -0.39 is 0 Å². The average Bonchev–Trinajstić information content (AvgIpc) is 2.69. The van der Waals surface area contributed by atoms with Crippen molar-refractivity contribution in [2.75, 3.05) is 38.0 Å². The molecule has 7 heteroatoms. The Morgan fingerprint density at radius 1 is 0.926 bits per heavy atom. The normalized spacial score (nSPS) is 14.6. The second kappa shape index (κ2) is 9.14. The molecule has 0 bridgehead atoms. The lowest BCUT2D eigenvalue weighted by molar-refractivity contribution is -0.122. The summed E-state index contributed by atoms with van der Waals surface area (Å²) >= 11 is 0. The van der Waals surface area contributed by atoms with Gasteiger partial charge in [0.1, 0.15) is 5.82 Å². The van der Waals surface area contributed by atoms with Crippen LogP contribution in [-0.2, 0) is 11.3 Å². The Morgan fingerprint density at radius 2 is 1.59 bits per heavy atom. The van der Waals surface area contributed by atoms with Crippen molar-refractivity contribution >= 4 is 17.6 Å². The first-order valence-corrected chi connectivity index (χ1v) is 8.94. The minimum Gasteiger partial charge on any atom is -0.351 e. The molecule has 2 N–H and O–H groups in total. The summed E-state index contributed by atoms with van der Waals surface area (Å²) in [6.45, 7) is 3.18. The van der Waals surface area contributed by atoms with Crippen LogP contribution < -0.4 is 10.6 Å². The maximum atomic E-state index is 12.9. The lowest BCUT2D eigenvalue weighted by Gasteiger charge is -2.34. The second-order valence-electron chi connectivity index (χ2n) is 6.46. The molecular weight excluding hydrogens is 347 g/mol. The number of carbonyl (C=O) groups excluding carboxylic acids is 2. The van der Waals surface area contributed by atoms with Crippen LogP contribution >= 0.6 is 0 Å². The number of carbonyl (C=O) groups is 2. The van der Waals surface area contributed by atoms with Crippen molar-refractivity contribution in [3.8, 4) is 0 Å². The molecule has 0 aromatic heterocycles. The van der Waals surface area contributed by atoms with Crippen LogP contribution in [0.25, 0.3) is 0 Å². The molecule has 0 radical (unpaired) electrons. The molecular formula is C20H23FN4O2. The van der Waals surface area contributed by atoms with Crippen molar-refractivity contribution in [1.82, 2.24) is 15.1 Å². The van der Waals surface area contributed by atoms with Gasteiger partial charge in [0.2, 0.25) is 5.91 Å². The van der Waals surface area contributed by atoms with Gasteiger partial charge in [-0.3, -0.25) is 9.69 Å². The molecule has 0 aliphatic carbocycles. The van der Waals surface area contributed by atoms with E-state index in [0.717, 1.165) is 5.56 Å². The van der Waals surface area contributed by atoms with E-state index in [-0.39, 0.29) is 17.8 Å². The molecule has 0 atom stereocenters. The number of hydrogen-bond donors (Lipinski definition) is 2. The van der Waals surface area contributed by atoms with Gasteiger partial charge >= 0.3 is 6.03 Å². The molecule has 2 aromatic rings. The van der Waals surface area contributed by atoms with Crippen LogP contribution in [0.1, 0.15) is 5.56 Å². The van der Waals surface area contributed by atoms with E-state index >= 15 is 0 Å². The van der Waals surface area contributed by atoms with Crippen molar-refractivity contribution in [1.29, 1.82) is 0 Å². The summed E-state index contributed by atoms with van der Waals surface area (Å²) in [5, 5.41) is 5.67. The molecule has 2 aromatic carbocycles. The number of halogens is 1. The Morgan fingerprint density at radius 3 is 2.26 bits per heavy atom. The van der Waals surface area contributed by atoms with Crippen LogP contribution in [-0.4, -0.2) is 54.5 Å². The zero-order chi connectivity index (χ0) is 19.1. The molecule has 142 valence electrons. The maximum Gasteiger partial charge on any atom is 0.321 e. The van der Waals surface area contributed by atoms with E-state index in [9.17, 15) is 14.0 Å². The third kappa shape index (κ3) is 5.79. The summed E-state index contributed by atoms with van der Waals surface area (Å²) < 4.78 is 12.9. The minimum atomic E-state index is -0.341. The summed E-state index contributed by atoms with van der Waals surface area (Å²) in [6.07, 6.45) is 0. The Bertz CT molecular complexity index is 759. The van der Waals surface area contributed by atoms with E-state index in [1.165, 1.54) is 24.3 Å². The fourth-order valence-electron chi connectivity index (χ4n) is 2.90. The van der Waals surface area contributed by atoms with Gasteiger partial charge < -0.3 is 15.5 Å². The summed E-state index contributed by atoms with van der Waals surface area (Å²) in [4.78, 5) is 28.1. The van der Waals surface area contributed by atoms with E-state index in [4.69, 9.17) is 0 Å². The number of nitrogens with one attached hydrogen (secondary N) is 2. The number of benzene rings is 2. The highest BCUT2D eigenvalue weighted by atomic mass is 19.1. The van der Waals surface area contributed by atoms with Gasteiger partial charge in [-0.1, -0.05) is 30.3 Å². The Kier molecular flexibility index (Phi) is 6.38. The minimum absolute atomic E-state index is 0.0249. The number of nitrogens with zero attached hydrogens (tertiary/aromatic N) is 2. The molecule has 0 saturated carbocycles. The summed E-state index contributed by atoms with van der Waals surface area (Å²) in [5.74, 6) is -0.366. The third-order valence-electron chi connectivity index (χ3n) is 4.45. The molecule has 1 aliphatic heterocycles. The van der Waals surface area contributed by atoms with Gasteiger partial charge in [0, 0.05) is 38.4 Å². The van der Waals surface area contributed by atoms with Crippen LogP contribution in [0.3, 0.4) is 0 Å². The van der Waals surface area contributed by atoms with E-state index in [0.29, 0.717) is 45.0 Å². The number of rotatable bonds is 5. The largest absolute Gasteiger partial charge is 0.351 e. The van der Waals surface area contributed by atoms with Gasteiger partial charge in [-0.25, -0.2) is 9.18 Å². The van der Waals surface area contributed by atoms with E-state index in [2.05, 4.69) is 10.6 Å². The van der Waals surface area contributed by atoms with Crippen LogP contribution in [0, 0.1) is 5.82 Å². The zero-order valence-corrected chi connectivity index (χ0v) is 15.0. The standard InChI is InChI=1S/C20H23FN4O2/c21-17-6-8-18(9-7-17)23-20(27)25-12-10-24(11-13-25)15-19(26)22-14-16-4-2-1-3-5-16/h1-9H,10-15H2,(H,22,26)(H,23,27). The Balaban J connectivity index is 1.38. The molecule has 0 unspecified atom stereocenters.